The fourth-order valence-corrected chi connectivity index (χ4v) is 2.91. The van der Waals surface area contributed by atoms with Crippen molar-refractivity contribution in [2.24, 2.45) is 0 Å². The van der Waals surface area contributed by atoms with E-state index in [0.717, 1.165) is 26.6 Å². The van der Waals surface area contributed by atoms with Gasteiger partial charge in [0.15, 0.2) is 0 Å². The monoisotopic (exact) mass is 271 g/mol. The van der Waals surface area contributed by atoms with Gasteiger partial charge in [-0.25, -0.2) is 0 Å². The first-order valence-corrected chi connectivity index (χ1v) is 6.95. The molecule has 4 rings (SSSR count). The lowest BCUT2D eigenvalue weighted by atomic mass is 9.96. The number of benzene rings is 3. The molecule has 0 aliphatic heterocycles. The van der Waals surface area contributed by atoms with Crippen molar-refractivity contribution in [2.45, 2.75) is 0 Å². The lowest BCUT2D eigenvalue weighted by Crippen LogP contribution is -2.28. The SMILES string of the molecule is [O-][n+]1c2ccccc2c(-c2ccccc2)c2ccccc21. The zero-order valence-corrected chi connectivity index (χ0v) is 11.4. The van der Waals surface area contributed by atoms with E-state index in [2.05, 4.69) is 12.1 Å². The Labute approximate surface area is 122 Å². The average molecular weight is 271 g/mol. The molecule has 0 N–H and O–H groups in total. The Morgan fingerprint density at radius 1 is 0.571 bits per heavy atom. The van der Waals surface area contributed by atoms with Crippen LogP contribution in [-0.2, 0) is 0 Å². The van der Waals surface area contributed by atoms with E-state index < -0.39 is 0 Å². The quantitative estimate of drug-likeness (QED) is 0.288. The predicted octanol–water partition coefficient (Wildman–Crippen LogP) is 4.29. The van der Waals surface area contributed by atoms with Crippen molar-refractivity contribution in [3.63, 3.8) is 0 Å². The maximum atomic E-state index is 12.6. The summed E-state index contributed by atoms with van der Waals surface area (Å²) in [5, 5.41) is 14.6. The Balaban J connectivity index is 2.28. The van der Waals surface area contributed by atoms with Crippen molar-refractivity contribution in [2.75, 3.05) is 0 Å². The molecular formula is C19H13NO. The van der Waals surface area contributed by atoms with Crippen molar-refractivity contribution in [3.05, 3.63) is 84.1 Å². The summed E-state index contributed by atoms with van der Waals surface area (Å²) in [6.45, 7) is 0. The molecule has 0 amide bonds. The van der Waals surface area contributed by atoms with Crippen molar-refractivity contribution in [1.29, 1.82) is 0 Å². The molecule has 100 valence electrons. The number of nitrogens with zero attached hydrogens (tertiary/aromatic N) is 1. The summed E-state index contributed by atoms with van der Waals surface area (Å²) < 4.78 is 1.02. The third kappa shape index (κ3) is 1.77. The topological polar surface area (TPSA) is 26.9 Å². The van der Waals surface area contributed by atoms with Crippen LogP contribution >= 0.6 is 0 Å². The van der Waals surface area contributed by atoms with Crippen molar-refractivity contribution in [1.82, 2.24) is 0 Å². The van der Waals surface area contributed by atoms with E-state index in [0.29, 0.717) is 11.0 Å². The summed E-state index contributed by atoms with van der Waals surface area (Å²) >= 11 is 0. The smallest absolute Gasteiger partial charge is 0.224 e. The van der Waals surface area contributed by atoms with Gasteiger partial charge < -0.3 is 5.21 Å². The number of pyridine rings is 1. The van der Waals surface area contributed by atoms with Crippen LogP contribution in [0.25, 0.3) is 32.9 Å². The molecular weight excluding hydrogens is 258 g/mol. The molecule has 0 saturated carbocycles. The minimum absolute atomic E-state index is 0.704. The molecule has 0 unspecified atom stereocenters. The van der Waals surface area contributed by atoms with Gasteiger partial charge in [0.05, 0.1) is 10.8 Å². The van der Waals surface area contributed by atoms with Crippen LogP contribution in [-0.4, -0.2) is 0 Å². The molecule has 1 aromatic heterocycles. The minimum atomic E-state index is 0.704. The summed E-state index contributed by atoms with van der Waals surface area (Å²) in [6, 6.07) is 25.8. The van der Waals surface area contributed by atoms with Crippen LogP contribution < -0.4 is 4.73 Å². The molecule has 0 aliphatic carbocycles. The van der Waals surface area contributed by atoms with Gasteiger partial charge in [0.2, 0.25) is 11.0 Å². The molecule has 3 aromatic carbocycles. The summed E-state index contributed by atoms with van der Waals surface area (Å²) in [6.07, 6.45) is 0. The molecule has 1 heterocycles. The average Bonchev–Trinajstić information content (AvgIpc) is 2.56. The third-order valence-corrected chi connectivity index (χ3v) is 3.85. The first-order valence-electron chi connectivity index (χ1n) is 6.95. The Hall–Kier alpha value is -2.87. The van der Waals surface area contributed by atoms with E-state index in [4.69, 9.17) is 0 Å². The minimum Gasteiger partial charge on any atom is -0.618 e. The molecule has 0 bridgehead atoms. The molecule has 0 fully saturated rings. The molecule has 0 spiro atoms. The van der Waals surface area contributed by atoms with Crippen LogP contribution in [0, 0.1) is 5.21 Å². The molecule has 2 nitrogen and oxygen atoms in total. The van der Waals surface area contributed by atoms with Gasteiger partial charge in [0.25, 0.3) is 0 Å². The highest BCUT2D eigenvalue weighted by atomic mass is 16.5. The fourth-order valence-electron chi connectivity index (χ4n) is 2.91. The number of aromatic nitrogens is 1. The van der Waals surface area contributed by atoms with Crippen LogP contribution in [0.15, 0.2) is 78.9 Å². The van der Waals surface area contributed by atoms with E-state index in [1.165, 1.54) is 0 Å². The van der Waals surface area contributed by atoms with Gasteiger partial charge >= 0.3 is 0 Å². The van der Waals surface area contributed by atoms with Crippen LogP contribution in [0.2, 0.25) is 0 Å². The molecule has 0 saturated heterocycles. The Bertz CT molecular complexity index is 888. The number of rotatable bonds is 1. The second kappa shape index (κ2) is 4.60. The van der Waals surface area contributed by atoms with Gasteiger partial charge in [-0.15, -0.1) is 0 Å². The number of fused-ring (bicyclic) bond motifs is 2. The van der Waals surface area contributed by atoms with E-state index in [-0.39, 0.29) is 0 Å². The van der Waals surface area contributed by atoms with E-state index >= 15 is 0 Å². The van der Waals surface area contributed by atoms with Gasteiger partial charge in [0, 0.05) is 17.7 Å². The molecule has 0 atom stereocenters. The van der Waals surface area contributed by atoms with Crippen LogP contribution in [0.1, 0.15) is 0 Å². The summed E-state index contributed by atoms with van der Waals surface area (Å²) in [5.74, 6) is 0. The van der Waals surface area contributed by atoms with Crippen molar-refractivity contribution in [3.8, 4) is 11.1 Å². The normalized spacial score (nSPS) is 11.0. The van der Waals surface area contributed by atoms with Gasteiger partial charge in [-0.3, -0.25) is 0 Å². The summed E-state index contributed by atoms with van der Waals surface area (Å²) in [5.41, 5.74) is 3.66. The highest BCUT2D eigenvalue weighted by Crippen LogP contribution is 2.33. The molecule has 0 radical (unpaired) electrons. The Morgan fingerprint density at radius 2 is 1.05 bits per heavy atom. The second-order valence-corrected chi connectivity index (χ2v) is 5.07. The first kappa shape index (κ1) is 11.9. The maximum Gasteiger partial charge on any atom is 0.224 e. The van der Waals surface area contributed by atoms with Crippen LogP contribution in [0.4, 0.5) is 0 Å². The largest absolute Gasteiger partial charge is 0.618 e. The van der Waals surface area contributed by atoms with Gasteiger partial charge in [-0.1, -0.05) is 54.6 Å². The van der Waals surface area contributed by atoms with Gasteiger partial charge in [-0.05, 0) is 17.7 Å². The predicted molar refractivity (Wildman–Crippen MR) is 85.9 cm³/mol. The van der Waals surface area contributed by atoms with Crippen LogP contribution in [0.3, 0.4) is 0 Å². The molecule has 0 aliphatic rings. The lowest BCUT2D eigenvalue weighted by Gasteiger charge is -2.12. The number of para-hydroxylation sites is 2. The van der Waals surface area contributed by atoms with Gasteiger partial charge in [-0.2, -0.15) is 4.73 Å². The first-order chi connectivity index (χ1) is 10.4. The Morgan fingerprint density at radius 3 is 1.62 bits per heavy atom. The molecule has 4 aromatic rings. The van der Waals surface area contributed by atoms with Crippen molar-refractivity contribution >= 4 is 21.8 Å². The van der Waals surface area contributed by atoms with Crippen LogP contribution in [0.5, 0.6) is 0 Å². The number of hydrogen-bond donors (Lipinski definition) is 0. The zero-order valence-electron chi connectivity index (χ0n) is 11.4. The third-order valence-electron chi connectivity index (χ3n) is 3.85. The lowest BCUT2D eigenvalue weighted by molar-refractivity contribution is -0.547. The van der Waals surface area contributed by atoms with Crippen molar-refractivity contribution < 1.29 is 4.73 Å². The molecule has 2 heteroatoms. The van der Waals surface area contributed by atoms with E-state index in [9.17, 15) is 5.21 Å². The standard InChI is InChI=1S/C19H13NO/c21-20-17-12-6-4-10-15(17)19(14-8-2-1-3-9-14)16-11-5-7-13-18(16)20/h1-13H. The maximum absolute atomic E-state index is 12.6. The number of hydrogen-bond acceptors (Lipinski definition) is 1. The van der Waals surface area contributed by atoms with E-state index in [1.54, 1.807) is 0 Å². The highest BCUT2D eigenvalue weighted by Gasteiger charge is 2.17. The Kier molecular flexibility index (Phi) is 2.61. The second-order valence-electron chi connectivity index (χ2n) is 5.07. The van der Waals surface area contributed by atoms with Gasteiger partial charge in [0.1, 0.15) is 0 Å². The summed E-state index contributed by atoms with van der Waals surface area (Å²) in [7, 11) is 0. The highest BCUT2D eigenvalue weighted by molar-refractivity contribution is 6.07. The summed E-state index contributed by atoms with van der Waals surface area (Å²) in [4.78, 5) is 0. The zero-order chi connectivity index (χ0) is 14.2. The fraction of sp³-hybridized carbons (Fsp3) is 0. The van der Waals surface area contributed by atoms with E-state index in [1.807, 2.05) is 66.7 Å². The molecule has 21 heavy (non-hydrogen) atoms.